The minimum Gasteiger partial charge on any atom is -0.349 e. The van der Waals surface area contributed by atoms with Gasteiger partial charge < -0.3 is 10.2 Å². The summed E-state index contributed by atoms with van der Waals surface area (Å²) in [4.78, 5) is 15.1. The van der Waals surface area contributed by atoms with E-state index in [0.29, 0.717) is 12.5 Å². The fourth-order valence-electron chi connectivity index (χ4n) is 5.01. The van der Waals surface area contributed by atoms with Crippen LogP contribution in [0.15, 0.2) is 54.6 Å². The second-order valence-corrected chi connectivity index (χ2v) is 8.51. The second-order valence-electron chi connectivity index (χ2n) is 8.51. The largest absolute Gasteiger partial charge is 0.349 e. The van der Waals surface area contributed by atoms with E-state index in [0.717, 1.165) is 18.8 Å². The molecular weight excluding hydrogens is 344 g/mol. The van der Waals surface area contributed by atoms with Gasteiger partial charge in [-0.2, -0.15) is 0 Å². The molecule has 3 nitrogen and oxygen atoms in total. The highest BCUT2D eigenvalue weighted by molar-refractivity contribution is 5.78. The molecule has 2 aliphatic rings. The molecule has 2 atom stereocenters. The molecule has 1 N–H and O–H groups in total. The van der Waals surface area contributed by atoms with Crippen LogP contribution in [0.25, 0.3) is 0 Å². The number of nitrogens with one attached hydrogen (secondary N) is 1. The Morgan fingerprint density at radius 3 is 2.50 bits per heavy atom. The van der Waals surface area contributed by atoms with E-state index >= 15 is 0 Å². The molecule has 1 aliphatic carbocycles. The molecule has 0 aromatic heterocycles. The number of fused-ring (bicyclic) bond motifs is 1. The first-order valence-electron chi connectivity index (χ1n) is 10.9. The lowest BCUT2D eigenvalue weighted by atomic mass is 9.86. The van der Waals surface area contributed by atoms with Gasteiger partial charge in [0.1, 0.15) is 0 Å². The van der Waals surface area contributed by atoms with E-state index in [1.165, 1.54) is 49.0 Å². The SMILES string of the molecule is CC1CC(NC(=O)CCC2CCCCC2)c2ccccc2N1c1ccccc1. The van der Waals surface area contributed by atoms with Crippen molar-refractivity contribution in [1.82, 2.24) is 5.32 Å². The maximum absolute atomic E-state index is 12.7. The molecule has 28 heavy (non-hydrogen) atoms. The van der Waals surface area contributed by atoms with E-state index < -0.39 is 0 Å². The van der Waals surface area contributed by atoms with Crippen LogP contribution < -0.4 is 10.2 Å². The lowest BCUT2D eigenvalue weighted by molar-refractivity contribution is -0.122. The molecule has 1 amide bonds. The Balaban J connectivity index is 1.46. The summed E-state index contributed by atoms with van der Waals surface area (Å²) in [5, 5.41) is 3.35. The van der Waals surface area contributed by atoms with Crippen LogP contribution in [0.1, 0.15) is 69.9 Å². The molecule has 148 valence electrons. The third-order valence-corrected chi connectivity index (χ3v) is 6.46. The van der Waals surface area contributed by atoms with Gasteiger partial charge in [-0.15, -0.1) is 0 Å². The van der Waals surface area contributed by atoms with Crippen LogP contribution in [-0.4, -0.2) is 11.9 Å². The first kappa shape index (κ1) is 19.0. The number of carbonyl (C=O) groups is 1. The Morgan fingerprint density at radius 1 is 1.00 bits per heavy atom. The van der Waals surface area contributed by atoms with Crippen LogP contribution in [-0.2, 0) is 4.79 Å². The third-order valence-electron chi connectivity index (χ3n) is 6.46. The van der Waals surface area contributed by atoms with Gasteiger partial charge in [-0.25, -0.2) is 0 Å². The van der Waals surface area contributed by atoms with Crippen LogP contribution in [0, 0.1) is 5.92 Å². The highest BCUT2D eigenvalue weighted by atomic mass is 16.1. The molecule has 0 spiro atoms. The Hall–Kier alpha value is -2.29. The molecule has 1 saturated carbocycles. The molecule has 1 heterocycles. The molecule has 1 fully saturated rings. The van der Waals surface area contributed by atoms with Gasteiger partial charge in [0, 0.05) is 23.8 Å². The molecule has 0 radical (unpaired) electrons. The Morgan fingerprint density at radius 2 is 1.71 bits per heavy atom. The average Bonchev–Trinajstić information content (AvgIpc) is 2.74. The number of hydrogen-bond acceptors (Lipinski definition) is 2. The molecule has 0 bridgehead atoms. The summed E-state index contributed by atoms with van der Waals surface area (Å²) < 4.78 is 0. The normalized spacial score (nSPS) is 22.5. The minimum atomic E-state index is 0.102. The van der Waals surface area contributed by atoms with E-state index in [2.05, 4.69) is 71.7 Å². The number of carbonyl (C=O) groups excluding carboxylic acids is 1. The van der Waals surface area contributed by atoms with E-state index in [1.54, 1.807) is 0 Å². The van der Waals surface area contributed by atoms with Crippen molar-refractivity contribution in [3.8, 4) is 0 Å². The van der Waals surface area contributed by atoms with E-state index in [-0.39, 0.29) is 11.9 Å². The van der Waals surface area contributed by atoms with E-state index in [1.807, 2.05) is 0 Å². The first-order valence-corrected chi connectivity index (χ1v) is 10.9. The summed E-state index contributed by atoms with van der Waals surface area (Å²) in [6.07, 6.45) is 9.32. The number of anilines is 2. The van der Waals surface area contributed by atoms with Gasteiger partial charge in [-0.1, -0.05) is 68.5 Å². The van der Waals surface area contributed by atoms with Crippen molar-refractivity contribution >= 4 is 17.3 Å². The highest BCUT2D eigenvalue weighted by Gasteiger charge is 2.31. The predicted molar refractivity (Wildman–Crippen MR) is 116 cm³/mol. The summed E-state index contributed by atoms with van der Waals surface area (Å²) in [7, 11) is 0. The number of nitrogens with zero attached hydrogens (tertiary/aromatic N) is 1. The van der Waals surface area contributed by atoms with Crippen LogP contribution >= 0.6 is 0 Å². The summed E-state index contributed by atoms with van der Waals surface area (Å²) in [6, 6.07) is 19.5. The number of benzene rings is 2. The molecule has 1 aliphatic heterocycles. The van der Waals surface area contributed by atoms with Crippen molar-refractivity contribution in [2.24, 2.45) is 5.92 Å². The molecule has 2 aromatic rings. The fraction of sp³-hybridized carbons (Fsp3) is 0.480. The van der Waals surface area contributed by atoms with Gasteiger partial charge in [0.05, 0.1) is 6.04 Å². The number of amides is 1. The third kappa shape index (κ3) is 4.24. The molecule has 4 rings (SSSR count). The van der Waals surface area contributed by atoms with Crippen molar-refractivity contribution in [3.05, 3.63) is 60.2 Å². The number of hydrogen-bond donors (Lipinski definition) is 1. The zero-order valence-electron chi connectivity index (χ0n) is 16.9. The van der Waals surface area contributed by atoms with Crippen molar-refractivity contribution in [1.29, 1.82) is 0 Å². The van der Waals surface area contributed by atoms with Gasteiger partial charge >= 0.3 is 0 Å². The highest BCUT2D eigenvalue weighted by Crippen LogP contribution is 2.41. The zero-order chi connectivity index (χ0) is 19.3. The summed E-state index contributed by atoms with van der Waals surface area (Å²) in [6.45, 7) is 2.25. The van der Waals surface area contributed by atoms with Gasteiger partial charge in [0.25, 0.3) is 0 Å². The zero-order valence-corrected chi connectivity index (χ0v) is 16.9. The van der Waals surface area contributed by atoms with Crippen LogP contribution in [0.3, 0.4) is 0 Å². The Bertz CT molecular complexity index is 782. The predicted octanol–water partition coefficient (Wildman–Crippen LogP) is 6.13. The minimum absolute atomic E-state index is 0.102. The van der Waals surface area contributed by atoms with Gasteiger partial charge in [0.2, 0.25) is 5.91 Å². The molecular formula is C25H32N2O. The van der Waals surface area contributed by atoms with E-state index in [4.69, 9.17) is 0 Å². The number of rotatable bonds is 5. The maximum Gasteiger partial charge on any atom is 0.220 e. The summed E-state index contributed by atoms with van der Waals surface area (Å²) in [5.41, 5.74) is 3.66. The van der Waals surface area contributed by atoms with Crippen molar-refractivity contribution in [3.63, 3.8) is 0 Å². The van der Waals surface area contributed by atoms with Gasteiger partial charge in [-0.05, 0) is 49.4 Å². The monoisotopic (exact) mass is 376 g/mol. The van der Waals surface area contributed by atoms with Crippen LogP contribution in [0.2, 0.25) is 0 Å². The molecule has 2 aromatic carbocycles. The standard InChI is InChI=1S/C25H32N2O/c1-19-18-23(26-25(28)17-16-20-10-4-2-5-11-20)22-14-8-9-15-24(22)27(19)21-12-6-3-7-13-21/h3,6-9,12-15,19-20,23H,2,4-5,10-11,16-18H2,1H3,(H,26,28). The summed E-state index contributed by atoms with van der Waals surface area (Å²) >= 11 is 0. The van der Waals surface area contributed by atoms with Crippen molar-refractivity contribution < 1.29 is 4.79 Å². The summed E-state index contributed by atoms with van der Waals surface area (Å²) in [5.74, 6) is 0.969. The quantitative estimate of drug-likeness (QED) is 0.680. The van der Waals surface area contributed by atoms with Crippen LogP contribution in [0.4, 0.5) is 11.4 Å². The molecule has 3 heteroatoms. The van der Waals surface area contributed by atoms with Crippen molar-refractivity contribution in [2.45, 2.75) is 70.4 Å². The molecule has 0 saturated heterocycles. The van der Waals surface area contributed by atoms with Gasteiger partial charge in [-0.3, -0.25) is 4.79 Å². The fourth-order valence-corrected chi connectivity index (χ4v) is 5.01. The Kier molecular flexibility index (Phi) is 5.99. The molecule has 2 unspecified atom stereocenters. The Labute approximate surface area is 169 Å². The lowest BCUT2D eigenvalue weighted by Gasteiger charge is -2.41. The van der Waals surface area contributed by atoms with Crippen molar-refractivity contribution in [2.75, 3.05) is 4.90 Å². The van der Waals surface area contributed by atoms with Gasteiger partial charge in [0.15, 0.2) is 0 Å². The topological polar surface area (TPSA) is 32.3 Å². The lowest BCUT2D eigenvalue weighted by Crippen LogP contribution is -2.41. The average molecular weight is 377 g/mol. The smallest absolute Gasteiger partial charge is 0.220 e. The first-order chi connectivity index (χ1) is 13.7. The van der Waals surface area contributed by atoms with E-state index in [9.17, 15) is 4.79 Å². The second kappa shape index (κ2) is 8.81. The maximum atomic E-state index is 12.7. The number of para-hydroxylation sites is 2. The van der Waals surface area contributed by atoms with Crippen LogP contribution in [0.5, 0.6) is 0 Å².